The van der Waals surface area contributed by atoms with Gasteiger partial charge in [0.15, 0.2) is 0 Å². The highest BCUT2D eigenvalue weighted by Crippen LogP contribution is 2.36. The molecule has 2 aromatic rings. The van der Waals surface area contributed by atoms with E-state index < -0.39 is 6.10 Å². The van der Waals surface area contributed by atoms with Gasteiger partial charge in [0.1, 0.15) is 12.4 Å². The molecule has 1 fully saturated rings. The van der Waals surface area contributed by atoms with E-state index >= 15 is 0 Å². The molecule has 1 aliphatic rings. The second-order valence-electron chi connectivity index (χ2n) is 6.24. The molecule has 0 amide bonds. The van der Waals surface area contributed by atoms with E-state index in [2.05, 4.69) is 22.3 Å². The lowest BCUT2D eigenvalue weighted by molar-refractivity contribution is 0.123. The average Bonchev–Trinajstić information content (AvgIpc) is 2.61. The number of hydrogen-bond donors (Lipinski definition) is 2. The van der Waals surface area contributed by atoms with Crippen molar-refractivity contribution in [3.63, 3.8) is 0 Å². The maximum atomic E-state index is 9.34. The van der Waals surface area contributed by atoms with E-state index in [1.807, 2.05) is 24.3 Å². The summed E-state index contributed by atoms with van der Waals surface area (Å²) in [5.74, 6) is 0.660. The number of rotatable bonds is 5. The molecule has 1 aliphatic heterocycles. The number of aliphatic hydroxyl groups excluding tert-OH is 1. The quantitative estimate of drug-likeness (QED) is 0.825. The number of nitrogens with one attached hydrogen (secondary N) is 1. The van der Waals surface area contributed by atoms with Gasteiger partial charge in [0.25, 0.3) is 0 Å². The van der Waals surface area contributed by atoms with Crippen molar-refractivity contribution in [1.29, 1.82) is 0 Å². The van der Waals surface area contributed by atoms with E-state index in [0.717, 1.165) is 30.3 Å². The molecule has 2 unspecified atom stereocenters. The van der Waals surface area contributed by atoms with E-state index in [1.54, 1.807) is 13.0 Å². The molecular weight excluding hydrogens is 359 g/mol. The molecule has 0 bridgehead atoms. The van der Waals surface area contributed by atoms with Gasteiger partial charge in [-0.15, -0.1) is 0 Å². The van der Waals surface area contributed by atoms with Gasteiger partial charge in [0.2, 0.25) is 0 Å². The van der Waals surface area contributed by atoms with Crippen LogP contribution in [0.15, 0.2) is 42.5 Å². The van der Waals surface area contributed by atoms with E-state index in [9.17, 15) is 5.11 Å². The molecule has 2 N–H and O–H groups in total. The minimum Gasteiger partial charge on any atom is -0.491 e. The molecule has 134 valence electrons. The zero-order valence-corrected chi connectivity index (χ0v) is 15.6. The van der Waals surface area contributed by atoms with E-state index in [0.29, 0.717) is 10.8 Å². The van der Waals surface area contributed by atoms with Crippen LogP contribution in [0.5, 0.6) is 5.75 Å². The summed E-state index contributed by atoms with van der Waals surface area (Å²) in [5, 5.41) is 14.2. The second-order valence-corrected chi connectivity index (χ2v) is 7.08. The minimum absolute atomic E-state index is 0.188. The lowest BCUT2D eigenvalue weighted by atomic mass is 10.0. The molecule has 6 heteroatoms. The van der Waals surface area contributed by atoms with Crippen molar-refractivity contribution < 1.29 is 9.84 Å². The van der Waals surface area contributed by atoms with Gasteiger partial charge in [-0.3, -0.25) is 0 Å². The van der Waals surface area contributed by atoms with Crippen LogP contribution in [0.4, 0.5) is 5.69 Å². The van der Waals surface area contributed by atoms with Gasteiger partial charge in [-0.1, -0.05) is 35.3 Å². The van der Waals surface area contributed by atoms with Gasteiger partial charge >= 0.3 is 0 Å². The molecule has 0 aliphatic carbocycles. The summed E-state index contributed by atoms with van der Waals surface area (Å²) in [4.78, 5) is 2.31. The molecule has 0 saturated carbocycles. The van der Waals surface area contributed by atoms with E-state index in [1.165, 1.54) is 5.56 Å². The van der Waals surface area contributed by atoms with Crippen LogP contribution in [-0.2, 0) is 0 Å². The maximum Gasteiger partial charge on any atom is 0.121 e. The molecule has 3 rings (SSSR count). The molecular formula is C19H22Cl2N2O2. The lowest BCUT2D eigenvalue weighted by Crippen LogP contribution is -2.46. The van der Waals surface area contributed by atoms with Crippen molar-refractivity contribution in [2.75, 3.05) is 31.1 Å². The Labute approximate surface area is 158 Å². The summed E-state index contributed by atoms with van der Waals surface area (Å²) >= 11 is 12.5. The summed E-state index contributed by atoms with van der Waals surface area (Å²) in [7, 11) is 0. The Morgan fingerprint density at radius 3 is 2.68 bits per heavy atom. The molecule has 4 nitrogen and oxygen atoms in total. The van der Waals surface area contributed by atoms with Gasteiger partial charge in [0.05, 0.1) is 22.9 Å². The first kappa shape index (κ1) is 18.3. The number of aliphatic hydroxyl groups is 1. The number of nitrogens with zero attached hydrogens (tertiary/aromatic N) is 1. The van der Waals surface area contributed by atoms with Crippen molar-refractivity contribution in [3.8, 4) is 5.75 Å². The van der Waals surface area contributed by atoms with Crippen molar-refractivity contribution >= 4 is 28.9 Å². The normalized spacial score (nSPS) is 18.9. The predicted molar refractivity (Wildman–Crippen MR) is 103 cm³/mol. The SMILES string of the molecule is CC(O)COc1ccc(N2CCNCC2c2ccc(Cl)cc2)c(Cl)c1. The largest absolute Gasteiger partial charge is 0.491 e. The van der Waals surface area contributed by atoms with Gasteiger partial charge < -0.3 is 20.1 Å². The summed E-state index contributed by atoms with van der Waals surface area (Å²) in [6, 6.07) is 13.8. The Bertz CT molecular complexity index is 707. The first-order chi connectivity index (χ1) is 12.0. The fraction of sp³-hybridized carbons (Fsp3) is 0.368. The first-order valence-electron chi connectivity index (χ1n) is 8.38. The van der Waals surface area contributed by atoms with Crippen molar-refractivity contribution in [3.05, 3.63) is 58.1 Å². The van der Waals surface area contributed by atoms with Crippen LogP contribution < -0.4 is 15.0 Å². The van der Waals surface area contributed by atoms with Crippen LogP contribution in [0, 0.1) is 0 Å². The third-order valence-electron chi connectivity index (χ3n) is 4.22. The zero-order valence-electron chi connectivity index (χ0n) is 14.1. The molecule has 25 heavy (non-hydrogen) atoms. The topological polar surface area (TPSA) is 44.7 Å². The Kier molecular flexibility index (Phi) is 6.07. The lowest BCUT2D eigenvalue weighted by Gasteiger charge is -2.39. The highest BCUT2D eigenvalue weighted by Gasteiger charge is 2.25. The standard InChI is InChI=1S/C19H22Cl2N2O2/c1-13(24)12-25-16-6-7-18(17(21)10-16)23-9-8-22-11-19(23)14-2-4-15(20)5-3-14/h2-7,10,13,19,22,24H,8-9,11-12H2,1H3. The van der Waals surface area contributed by atoms with Crippen molar-refractivity contribution in [1.82, 2.24) is 5.32 Å². The number of halogens is 2. The van der Waals surface area contributed by atoms with Gasteiger partial charge in [-0.05, 0) is 36.8 Å². The summed E-state index contributed by atoms with van der Waals surface area (Å²) in [5.41, 5.74) is 2.18. The van der Waals surface area contributed by atoms with Gasteiger partial charge in [-0.2, -0.15) is 0 Å². The van der Waals surface area contributed by atoms with Crippen LogP contribution in [0.2, 0.25) is 10.0 Å². The Hall–Kier alpha value is -1.46. The predicted octanol–water partition coefficient (Wildman–Crippen LogP) is 3.90. The molecule has 0 spiro atoms. The second kappa shape index (κ2) is 8.28. The van der Waals surface area contributed by atoms with Crippen LogP contribution in [0.25, 0.3) is 0 Å². The number of benzene rings is 2. The van der Waals surface area contributed by atoms with Crippen LogP contribution >= 0.6 is 23.2 Å². The number of anilines is 1. The molecule has 0 radical (unpaired) electrons. The van der Waals surface area contributed by atoms with E-state index in [-0.39, 0.29) is 12.6 Å². The number of piperazine rings is 1. The Morgan fingerprint density at radius 1 is 1.24 bits per heavy atom. The molecule has 0 aromatic heterocycles. The molecule has 1 saturated heterocycles. The number of ether oxygens (including phenoxy) is 1. The van der Waals surface area contributed by atoms with Gasteiger partial charge in [0, 0.05) is 30.7 Å². The third-order valence-corrected chi connectivity index (χ3v) is 4.77. The molecule has 2 atom stereocenters. The fourth-order valence-electron chi connectivity index (χ4n) is 3.00. The highest BCUT2D eigenvalue weighted by atomic mass is 35.5. The Balaban J connectivity index is 1.83. The third kappa shape index (κ3) is 4.59. The first-order valence-corrected chi connectivity index (χ1v) is 9.13. The maximum absolute atomic E-state index is 9.34. The average molecular weight is 381 g/mol. The summed E-state index contributed by atoms with van der Waals surface area (Å²) < 4.78 is 5.54. The smallest absolute Gasteiger partial charge is 0.121 e. The Morgan fingerprint density at radius 2 is 2.00 bits per heavy atom. The zero-order chi connectivity index (χ0) is 17.8. The van der Waals surface area contributed by atoms with Crippen LogP contribution in [0.3, 0.4) is 0 Å². The highest BCUT2D eigenvalue weighted by molar-refractivity contribution is 6.33. The van der Waals surface area contributed by atoms with E-state index in [4.69, 9.17) is 27.9 Å². The number of hydrogen-bond acceptors (Lipinski definition) is 4. The minimum atomic E-state index is -0.513. The monoisotopic (exact) mass is 380 g/mol. The summed E-state index contributed by atoms with van der Waals surface area (Å²) in [6.45, 7) is 4.55. The van der Waals surface area contributed by atoms with Crippen molar-refractivity contribution in [2.45, 2.75) is 19.1 Å². The summed E-state index contributed by atoms with van der Waals surface area (Å²) in [6.07, 6.45) is -0.513. The molecule has 1 heterocycles. The van der Waals surface area contributed by atoms with Crippen molar-refractivity contribution in [2.24, 2.45) is 0 Å². The fourth-order valence-corrected chi connectivity index (χ4v) is 3.41. The molecule has 2 aromatic carbocycles. The van der Waals surface area contributed by atoms with Gasteiger partial charge in [-0.25, -0.2) is 0 Å². The van der Waals surface area contributed by atoms with Crippen LogP contribution in [-0.4, -0.2) is 37.5 Å². The van der Waals surface area contributed by atoms with Crippen LogP contribution in [0.1, 0.15) is 18.5 Å².